The van der Waals surface area contributed by atoms with E-state index in [0.29, 0.717) is 24.9 Å². The quantitative estimate of drug-likeness (QED) is 0.910. The van der Waals surface area contributed by atoms with Gasteiger partial charge in [0, 0.05) is 24.2 Å². The first-order valence-electron chi connectivity index (χ1n) is 7.11. The highest BCUT2D eigenvalue weighted by molar-refractivity contribution is 5.51. The summed E-state index contributed by atoms with van der Waals surface area (Å²) in [6.07, 6.45) is 6.18. The Hall–Kier alpha value is -2.21. The number of rotatable bonds is 5. The highest BCUT2D eigenvalue weighted by Crippen LogP contribution is 2.39. The maximum Gasteiger partial charge on any atom is 0.231 e. The molecule has 1 fully saturated rings. The standard InChI is InChI=1S/C15H17N3O3/c16-5-10-3-14-15(21-9-20-14)4-13(10)19-7-12-6-17-8-18(12)11-1-2-11/h3-4,6,8,11H,1-2,5,7,9,16H2. The summed E-state index contributed by atoms with van der Waals surface area (Å²) in [6, 6.07) is 4.33. The molecule has 1 aromatic carbocycles. The molecular formula is C15H17N3O3. The molecule has 6 nitrogen and oxygen atoms in total. The van der Waals surface area contributed by atoms with Gasteiger partial charge in [-0.05, 0) is 18.9 Å². The summed E-state index contributed by atoms with van der Waals surface area (Å²) in [5, 5.41) is 0. The lowest BCUT2D eigenvalue weighted by atomic mass is 10.2. The van der Waals surface area contributed by atoms with Gasteiger partial charge >= 0.3 is 0 Å². The van der Waals surface area contributed by atoms with Crippen LogP contribution in [0.5, 0.6) is 17.2 Å². The first kappa shape index (κ1) is 12.5. The van der Waals surface area contributed by atoms with Crippen molar-refractivity contribution in [3.63, 3.8) is 0 Å². The van der Waals surface area contributed by atoms with Gasteiger partial charge in [-0.25, -0.2) is 4.98 Å². The van der Waals surface area contributed by atoms with Crippen molar-refractivity contribution in [1.29, 1.82) is 0 Å². The summed E-state index contributed by atoms with van der Waals surface area (Å²) in [7, 11) is 0. The molecule has 21 heavy (non-hydrogen) atoms. The van der Waals surface area contributed by atoms with Gasteiger partial charge in [0.2, 0.25) is 6.79 Å². The normalized spacial score (nSPS) is 16.2. The number of imidazole rings is 1. The van der Waals surface area contributed by atoms with Crippen LogP contribution in [0.25, 0.3) is 0 Å². The van der Waals surface area contributed by atoms with Gasteiger partial charge in [0.1, 0.15) is 12.4 Å². The van der Waals surface area contributed by atoms with Crippen molar-refractivity contribution in [2.75, 3.05) is 6.79 Å². The van der Waals surface area contributed by atoms with E-state index in [0.717, 1.165) is 22.8 Å². The molecule has 2 heterocycles. The minimum Gasteiger partial charge on any atom is -0.487 e. The van der Waals surface area contributed by atoms with Crippen LogP contribution in [0.4, 0.5) is 0 Å². The van der Waals surface area contributed by atoms with Crippen LogP contribution in [0.15, 0.2) is 24.7 Å². The van der Waals surface area contributed by atoms with Crippen LogP contribution < -0.4 is 19.9 Å². The predicted molar refractivity (Wildman–Crippen MR) is 75.3 cm³/mol. The SMILES string of the molecule is NCc1cc2c(cc1OCc1cncn1C1CC1)OCO2. The fourth-order valence-corrected chi connectivity index (χ4v) is 2.54. The Morgan fingerprint density at radius 2 is 2.10 bits per heavy atom. The maximum absolute atomic E-state index is 5.94. The van der Waals surface area contributed by atoms with E-state index in [9.17, 15) is 0 Å². The van der Waals surface area contributed by atoms with Gasteiger partial charge in [0.25, 0.3) is 0 Å². The molecule has 0 bridgehead atoms. The lowest BCUT2D eigenvalue weighted by Gasteiger charge is -2.12. The topological polar surface area (TPSA) is 71.5 Å². The lowest BCUT2D eigenvalue weighted by molar-refractivity contribution is 0.173. The van der Waals surface area contributed by atoms with Crippen LogP contribution in [-0.4, -0.2) is 16.3 Å². The van der Waals surface area contributed by atoms with Gasteiger partial charge < -0.3 is 24.5 Å². The molecule has 0 atom stereocenters. The molecule has 2 aliphatic rings. The first-order valence-corrected chi connectivity index (χ1v) is 7.11. The van der Waals surface area contributed by atoms with Gasteiger partial charge in [0.05, 0.1) is 18.2 Å². The number of nitrogens with zero attached hydrogens (tertiary/aromatic N) is 2. The summed E-state index contributed by atoms with van der Waals surface area (Å²) < 4.78 is 18.9. The second-order valence-electron chi connectivity index (χ2n) is 5.33. The molecule has 2 aromatic rings. The number of nitrogens with two attached hydrogens (primary N) is 1. The summed E-state index contributed by atoms with van der Waals surface area (Å²) in [5.41, 5.74) is 7.78. The van der Waals surface area contributed by atoms with Crippen LogP contribution in [-0.2, 0) is 13.2 Å². The van der Waals surface area contributed by atoms with Crippen LogP contribution in [0.2, 0.25) is 0 Å². The minimum absolute atomic E-state index is 0.247. The molecule has 0 radical (unpaired) electrons. The number of hydrogen-bond donors (Lipinski definition) is 1. The number of ether oxygens (including phenoxy) is 3. The van der Waals surface area contributed by atoms with Crippen molar-refractivity contribution < 1.29 is 14.2 Å². The highest BCUT2D eigenvalue weighted by Gasteiger charge is 2.25. The van der Waals surface area contributed by atoms with Crippen molar-refractivity contribution >= 4 is 0 Å². The van der Waals surface area contributed by atoms with Gasteiger partial charge in [-0.3, -0.25) is 0 Å². The maximum atomic E-state index is 5.94. The molecule has 0 unspecified atom stereocenters. The zero-order chi connectivity index (χ0) is 14.2. The average Bonchev–Trinajstić information content (AvgIpc) is 3.07. The van der Waals surface area contributed by atoms with Crippen LogP contribution in [0.3, 0.4) is 0 Å². The second-order valence-corrected chi connectivity index (χ2v) is 5.33. The van der Waals surface area contributed by atoms with E-state index >= 15 is 0 Å². The van der Waals surface area contributed by atoms with E-state index in [1.807, 2.05) is 24.7 Å². The van der Waals surface area contributed by atoms with Gasteiger partial charge in [0.15, 0.2) is 11.5 Å². The molecule has 110 valence electrons. The number of aromatic nitrogens is 2. The van der Waals surface area contributed by atoms with Gasteiger partial charge in [-0.15, -0.1) is 0 Å². The Morgan fingerprint density at radius 3 is 2.86 bits per heavy atom. The number of hydrogen-bond acceptors (Lipinski definition) is 5. The Kier molecular flexibility index (Phi) is 2.96. The Bertz CT molecular complexity index is 664. The van der Waals surface area contributed by atoms with Crippen molar-refractivity contribution in [3.8, 4) is 17.2 Å². The van der Waals surface area contributed by atoms with Crippen LogP contribution in [0.1, 0.15) is 30.1 Å². The van der Waals surface area contributed by atoms with Gasteiger partial charge in [-0.1, -0.05) is 0 Å². The monoisotopic (exact) mass is 287 g/mol. The van der Waals surface area contributed by atoms with E-state index in [-0.39, 0.29) is 6.79 Å². The fraction of sp³-hybridized carbons (Fsp3) is 0.400. The molecule has 6 heteroatoms. The average molecular weight is 287 g/mol. The zero-order valence-corrected chi connectivity index (χ0v) is 11.6. The zero-order valence-electron chi connectivity index (χ0n) is 11.6. The Morgan fingerprint density at radius 1 is 1.29 bits per heavy atom. The predicted octanol–water partition coefficient (Wildman–Crippen LogP) is 1.98. The summed E-state index contributed by atoms with van der Waals surface area (Å²) in [4.78, 5) is 4.21. The molecule has 0 spiro atoms. The summed E-state index contributed by atoms with van der Waals surface area (Å²) in [5.74, 6) is 2.18. The van der Waals surface area contributed by atoms with Crippen molar-refractivity contribution in [3.05, 3.63) is 35.9 Å². The van der Waals surface area contributed by atoms with Crippen molar-refractivity contribution in [2.45, 2.75) is 32.0 Å². The van der Waals surface area contributed by atoms with E-state index in [4.69, 9.17) is 19.9 Å². The third kappa shape index (κ3) is 2.31. The third-order valence-electron chi connectivity index (χ3n) is 3.84. The summed E-state index contributed by atoms with van der Waals surface area (Å²) >= 11 is 0. The molecule has 1 aromatic heterocycles. The minimum atomic E-state index is 0.247. The Balaban J connectivity index is 1.55. The molecule has 2 N–H and O–H groups in total. The molecule has 4 rings (SSSR count). The highest BCUT2D eigenvalue weighted by atomic mass is 16.7. The van der Waals surface area contributed by atoms with Crippen LogP contribution >= 0.6 is 0 Å². The van der Waals surface area contributed by atoms with E-state index in [2.05, 4.69) is 9.55 Å². The molecule has 1 aliphatic heterocycles. The molecule has 1 saturated carbocycles. The van der Waals surface area contributed by atoms with E-state index < -0.39 is 0 Å². The number of fused-ring (bicyclic) bond motifs is 1. The molecule has 0 saturated heterocycles. The molecular weight excluding hydrogens is 270 g/mol. The molecule has 0 amide bonds. The van der Waals surface area contributed by atoms with E-state index in [1.54, 1.807) is 0 Å². The fourth-order valence-electron chi connectivity index (χ4n) is 2.54. The Labute approximate surface area is 122 Å². The largest absolute Gasteiger partial charge is 0.487 e. The number of benzene rings is 1. The second kappa shape index (κ2) is 4.96. The van der Waals surface area contributed by atoms with Crippen molar-refractivity contribution in [1.82, 2.24) is 9.55 Å². The van der Waals surface area contributed by atoms with Gasteiger partial charge in [-0.2, -0.15) is 0 Å². The lowest BCUT2D eigenvalue weighted by Crippen LogP contribution is -2.06. The smallest absolute Gasteiger partial charge is 0.231 e. The first-order chi connectivity index (χ1) is 10.3. The van der Waals surface area contributed by atoms with E-state index in [1.165, 1.54) is 12.8 Å². The van der Waals surface area contributed by atoms with Crippen molar-refractivity contribution in [2.24, 2.45) is 5.73 Å². The summed E-state index contributed by atoms with van der Waals surface area (Å²) in [6.45, 7) is 1.12. The molecule has 1 aliphatic carbocycles. The van der Waals surface area contributed by atoms with Crippen LogP contribution in [0, 0.1) is 0 Å². The third-order valence-corrected chi connectivity index (χ3v) is 3.84.